The van der Waals surface area contributed by atoms with Crippen molar-refractivity contribution in [2.75, 3.05) is 13.1 Å². The topological polar surface area (TPSA) is 148 Å². The minimum Gasteiger partial charge on any atom is -0.460 e. The predicted octanol–water partition coefficient (Wildman–Crippen LogP) is 14.4. The Morgan fingerprint density at radius 2 is 1.04 bits per heavy atom. The van der Waals surface area contributed by atoms with Crippen LogP contribution in [0.4, 0.5) is 8.78 Å². The largest absolute Gasteiger partial charge is 0.460 e. The number of esters is 2. The normalized spacial score (nSPS) is 22.0. The summed E-state index contributed by atoms with van der Waals surface area (Å²) in [6.07, 6.45) is 8.17. The van der Waals surface area contributed by atoms with Crippen LogP contribution < -0.4 is 5.32 Å². The van der Waals surface area contributed by atoms with Gasteiger partial charge in [-0.1, -0.05) is 104 Å². The number of amides is 1. The molecule has 1 amide bonds. The van der Waals surface area contributed by atoms with Gasteiger partial charge in [0, 0.05) is 73.5 Å². The van der Waals surface area contributed by atoms with Crippen LogP contribution in [0, 0.1) is 11.6 Å². The van der Waals surface area contributed by atoms with Gasteiger partial charge in [0.2, 0.25) is 5.91 Å². The van der Waals surface area contributed by atoms with E-state index in [1.54, 1.807) is 19.1 Å². The molecule has 83 heavy (non-hydrogen) atoms. The molecule has 13 nitrogen and oxygen atoms in total. The lowest BCUT2D eigenvalue weighted by atomic mass is 9.77. The summed E-state index contributed by atoms with van der Waals surface area (Å²) in [4.78, 5) is 50.1. The van der Waals surface area contributed by atoms with Crippen molar-refractivity contribution >= 4 is 30.0 Å². The van der Waals surface area contributed by atoms with Gasteiger partial charge in [-0.15, -0.1) is 0 Å². The Morgan fingerprint density at radius 1 is 0.639 bits per heavy atom. The molecule has 15 heteroatoms. The summed E-state index contributed by atoms with van der Waals surface area (Å²) in [5.41, 5.74) is 10.2. The molecule has 0 radical (unpaired) electrons. The molecule has 4 atom stereocenters. The molecular weight excluding hydrogens is 1050 g/mol. The van der Waals surface area contributed by atoms with Gasteiger partial charge in [0.05, 0.1) is 60.0 Å². The highest BCUT2D eigenvalue weighted by Crippen LogP contribution is 2.44. The molecule has 0 spiro atoms. The van der Waals surface area contributed by atoms with Crippen molar-refractivity contribution in [2.24, 2.45) is 0 Å². The van der Waals surface area contributed by atoms with Crippen molar-refractivity contribution in [1.82, 2.24) is 20.2 Å². The molecule has 2 aromatic heterocycles. The van der Waals surface area contributed by atoms with Crippen molar-refractivity contribution in [2.45, 2.75) is 240 Å². The average molecular weight is 1150 g/mol. The number of carbonyl (C=O) groups is 3. The fourth-order valence-electron chi connectivity index (χ4n) is 11.8. The Kier molecular flexibility index (Phi) is 19.6. The van der Waals surface area contributed by atoms with Crippen LogP contribution in [0.2, 0.25) is 0 Å². The van der Waals surface area contributed by atoms with Gasteiger partial charge < -0.3 is 38.6 Å². The molecule has 4 aromatic rings. The fourth-order valence-corrected chi connectivity index (χ4v) is 11.8. The highest BCUT2D eigenvalue weighted by Gasteiger charge is 2.41. The zero-order chi connectivity index (χ0) is 61.4. The first kappa shape index (κ1) is 64.8. The second-order valence-electron chi connectivity index (χ2n) is 27.7. The van der Waals surface area contributed by atoms with E-state index in [1.165, 1.54) is 24.3 Å². The molecule has 2 fully saturated rings. The fraction of sp³-hybridized carbons (Fsp3) is 0.574. The number of pyridine rings is 2. The minimum atomic E-state index is -0.902. The van der Waals surface area contributed by atoms with Crippen molar-refractivity contribution in [3.8, 4) is 22.3 Å². The molecular formula is C68H92F2N4O9. The van der Waals surface area contributed by atoms with Crippen molar-refractivity contribution in [3.63, 3.8) is 0 Å². The van der Waals surface area contributed by atoms with Crippen LogP contribution in [0.1, 0.15) is 214 Å². The lowest BCUT2D eigenvalue weighted by Gasteiger charge is -2.41. The number of ether oxygens (including phenoxy) is 6. The van der Waals surface area contributed by atoms with Crippen LogP contribution >= 0.6 is 0 Å². The Labute approximate surface area is 492 Å². The molecule has 4 aliphatic heterocycles. The first-order valence-corrected chi connectivity index (χ1v) is 29.5. The van der Waals surface area contributed by atoms with Crippen LogP contribution in [0.15, 0.2) is 60.7 Å². The van der Waals surface area contributed by atoms with E-state index in [0.29, 0.717) is 32.5 Å². The van der Waals surface area contributed by atoms with Crippen molar-refractivity contribution in [3.05, 3.63) is 117 Å². The molecule has 1 N–H and O–H groups in total. The summed E-state index contributed by atoms with van der Waals surface area (Å²) < 4.78 is 63.9. The number of carbonyl (C=O) groups excluding carboxylic acids is 3. The number of fused-ring (bicyclic) bond motifs is 2. The summed E-state index contributed by atoms with van der Waals surface area (Å²) in [6.45, 7) is 39.8. The zero-order valence-corrected chi connectivity index (χ0v) is 52.8. The van der Waals surface area contributed by atoms with Crippen molar-refractivity contribution in [1.29, 1.82) is 0 Å². The third-order valence-electron chi connectivity index (χ3n) is 15.0. The number of aromatic nitrogens is 2. The highest BCUT2D eigenvalue weighted by atomic mass is 19.1. The van der Waals surface area contributed by atoms with Crippen LogP contribution in [-0.2, 0) is 66.7 Å². The van der Waals surface area contributed by atoms with Gasteiger partial charge in [0.25, 0.3) is 0 Å². The Bertz CT molecular complexity index is 3060. The molecule has 6 heterocycles. The summed E-state index contributed by atoms with van der Waals surface area (Å²) in [5.74, 6) is -2.67. The minimum absolute atomic E-state index is 0.00248. The maximum absolute atomic E-state index is 14.1. The van der Waals surface area contributed by atoms with E-state index in [2.05, 4.69) is 72.9 Å². The molecule has 2 aromatic carbocycles. The molecule has 0 unspecified atom stereocenters. The van der Waals surface area contributed by atoms with E-state index in [4.69, 9.17) is 38.4 Å². The lowest BCUT2D eigenvalue weighted by Crippen LogP contribution is -2.45. The van der Waals surface area contributed by atoms with Gasteiger partial charge in [-0.05, 0) is 133 Å². The SMILES string of the molecule is CC(=O)N1Cc2c(nc(C(C)C)c(/C=C/[C@@H]3C[C@H](CC(=O)OC(C)(C)C)OC(C)(C)O3)c2-c2ccc(F)cc2)C(C)(C)C1.CC(C)c1nc2c(c(-c3ccc(F)cc3)c1/C=C/[C@@H]1C[C@H](CC(=O)OC(C)(C)C)OC(C)(C)O1)CNCC2(C)C. The summed E-state index contributed by atoms with van der Waals surface area (Å²) >= 11 is 0. The zero-order valence-electron chi connectivity index (χ0n) is 52.8. The summed E-state index contributed by atoms with van der Waals surface area (Å²) in [7, 11) is 0. The number of halogens is 2. The summed E-state index contributed by atoms with van der Waals surface area (Å²) in [6, 6.07) is 13.2. The molecule has 4 aliphatic rings. The lowest BCUT2D eigenvalue weighted by molar-refractivity contribution is -0.291. The Balaban J connectivity index is 0.000000239. The molecule has 0 bridgehead atoms. The molecule has 452 valence electrons. The van der Waals surface area contributed by atoms with Gasteiger partial charge in [-0.25, -0.2) is 8.78 Å². The van der Waals surface area contributed by atoms with Crippen molar-refractivity contribution < 1.29 is 51.6 Å². The van der Waals surface area contributed by atoms with Crippen LogP contribution in [0.25, 0.3) is 34.4 Å². The van der Waals surface area contributed by atoms with Crippen LogP contribution in [0.3, 0.4) is 0 Å². The van der Waals surface area contributed by atoms with Crippen LogP contribution in [-0.4, -0.2) is 93.0 Å². The summed E-state index contributed by atoms with van der Waals surface area (Å²) in [5, 5.41) is 3.56. The molecule has 2 saturated heterocycles. The Morgan fingerprint density at radius 3 is 1.42 bits per heavy atom. The smallest absolute Gasteiger partial charge is 0.308 e. The van der Waals surface area contributed by atoms with Gasteiger partial charge in [-0.3, -0.25) is 24.4 Å². The maximum Gasteiger partial charge on any atom is 0.308 e. The van der Waals surface area contributed by atoms with Gasteiger partial charge in [0.1, 0.15) is 22.8 Å². The van der Waals surface area contributed by atoms with Gasteiger partial charge in [0.15, 0.2) is 11.6 Å². The van der Waals surface area contributed by atoms with E-state index < -0.39 is 22.8 Å². The number of nitrogens with one attached hydrogen (secondary N) is 1. The first-order valence-electron chi connectivity index (χ1n) is 29.5. The van der Waals surface area contributed by atoms with E-state index in [9.17, 15) is 23.2 Å². The predicted molar refractivity (Wildman–Crippen MR) is 322 cm³/mol. The average Bonchev–Trinajstić information content (AvgIpc) is 1.17. The van der Waals surface area contributed by atoms with Gasteiger partial charge >= 0.3 is 11.9 Å². The number of hydrogen-bond acceptors (Lipinski definition) is 12. The Hall–Kier alpha value is -5.71. The van der Waals surface area contributed by atoms with E-state index in [0.717, 1.165) is 73.8 Å². The highest BCUT2D eigenvalue weighted by molar-refractivity contribution is 5.83. The standard InChI is InChI=1S/C35H47FN2O5.C33H45FN2O4/c1-21(2)31-27(16-15-25-17-26(42-35(9,10)41-25)18-29(40)43-33(4,5)6)30(23-11-13-24(36)14-12-23)28-19-38(22(3)39)20-34(7,8)32(28)37-31;1-20(2)29-25(15-14-23-16-24(39-33(8,9)38-23)17-27(37)40-31(3,4)5)28(21-10-12-22(34)13-11-21)26-18-35-19-32(6,7)30(26)36-29/h11-16,21,25-26H,17-20H2,1-10H3;10-15,20,23-24,35H,16-19H2,1-9H3/b16-15+;15-14+/t25-,26-;23-,24-/m11/s1. The number of rotatable bonds is 12. The van der Waals surface area contributed by atoms with E-state index in [1.807, 2.05) is 98.4 Å². The quantitative estimate of drug-likeness (QED) is 0.135. The van der Waals surface area contributed by atoms with E-state index in [-0.39, 0.29) is 89.4 Å². The molecule has 0 saturated carbocycles. The third kappa shape index (κ3) is 16.8. The van der Waals surface area contributed by atoms with Crippen LogP contribution in [0.5, 0.6) is 0 Å². The number of hydrogen-bond donors (Lipinski definition) is 1. The molecule has 0 aliphatic carbocycles. The maximum atomic E-state index is 14.1. The second kappa shape index (κ2) is 25.1. The van der Waals surface area contributed by atoms with E-state index >= 15 is 0 Å². The monoisotopic (exact) mass is 1150 g/mol. The number of nitrogens with zero attached hydrogens (tertiary/aromatic N) is 3. The first-order chi connectivity index (χ1) is 38.4. The number of benzene rings is 2. The second-order valence-corrected chi connectivity index (χ2v) is 27.7. The third-order valence-corrected chi connectivity index (χ3v) is 15.0. The van der Waals surface area contributed by atoms with Gasteiger partial charge in [-0.2, -0.15) is 0 Å². The molecule has 8 rings (SSSR count).